The minimum absolute atomic E-state index is 0.453. The highest BCUT2D eigenvalue weighted by Gasteiger charge is 2.22. The van der Waals surface area contributed by atoms with E-state index in [0.717, 1.165) is 54.2 Å². The number of anilines is 6. The zero-order valence-electron chi connectivity index (χ0n) is 34.3. The number of benzene rings is 9. The van der Waals surface area contributed by atoms with Crippen LogP contribution < -0.4 is 9.80 Å². The SMILES string of the molecule is CC(C)c1ccc(N(c2ccccc2)c2ccc3c(-c4ccc(Br)cc4)c4cc(N(c5ccccc5)c5ccc(C(C)C)cc5)ccc4c(-c4ccc(Br)cc4)c3c2)cc1. The minimum Gasteiger partial charge on any atom is -0.310 e. The summed E-state index contributed by atoms with van der Waals surface area (Å²) in [5, 5.41) is 4.77. The lowest BCUT2D eigenvalue weighted by molar-refractivity contribution is 0.866. The Balaban J connectivity index is 1.35. The standard InChI is InChI=1S/C56H46Br2N2/c1-37(2)39-19-27-47(28-20-39)59(45-11-7-5-8-12-45)49-31-33-51-53(35-49)55(41-15-23-43(57)24-16-41)52-34-32-50(36-54(52)56(51)42-17-25-44(58)26-18-42)60(46-13-9-6-10-14-46)48-29-21-40(22-30-48)38(3)4/h5-38H,1-4H3. The van der Waals surface area contributed by atoms with Crippen LogP contribution in [0.5, 0.6) is 0 Å². The zero-order chi connectivity index (χ0) is 41.3. The molecule has 0 fully saturated rings. The van der Waals surface area contributed by atoms with Crippen molar-refractivity contribution >= 4 is 87.5 Å². The first kappa shape index (κ1) is 39.5. The molecule has 9 rings (SSSR count). The topological polar surface area (TPSA) is 6.48 Å². The molecule has 2 nitrogen and oxygen atoms in total. The second kappa shape index (κ2) is 17.0. The Bertz CT molecular complexity index is 2700. The molecular weight excluding hydrogens is 860 g/mol. The van der Waals surface area contributed by atoms with Crippen LogP contribution in [0.25, 0.3) is 43.8 Å². The summed E-state index contributed by atoms with van der Waals surface area (Å²) in [5.41, 5.74) is 14.1. The van der Waals surface area contributed by atoms with Crippen LogP contribution in [0.15, 0.2) is 203 Å². The van der Waals surface area contributed by atoms with E-state index in [1.54, 1.807) is 0 Å². The van der Waals surface area contributed by atoms with E-state index in [-0.39, 0.29) is 0 Å². The molecule has 0 bridgehead atoms. The fourth-order valence-corrected chi connectivity index (χ4v) is 8.93. The molecule has 60 heavy (non-hydrogen) atoms. The van der Waals surface area contributed by atoms with Gasteiger partial charge in [0.1, 0.15) is 0 Å². The van der Waals surface area contributed by atoms with Crippen LogP contribution in [0, 0.1) is 0 Å². The van der Waals surface area contributed by atoms with Crippen LogP contribution in [0.1, 0.15) is 50.7 Å². The molecule has 0 heterocycles. The molecule has 0 spiro atoms. The smallest absolute Gasteiger partial charge is 0.0468 e. The molecule has 0 amide bonds. The maximum Gasteiger partial charge on any atom is 0.0468 e. The van der Waals surface area contributed by atoms with Crippen LogP contribution >= 0.6 is 31.9 Å². The van der Waals surface area contributed by atoms with Crippen LogP contribution in [-0.2, 0) is 0 Å². The number of nitrogens with zero attached hydrogens (tertiary/aromatic N) is 2. The van der Waals surface area contributed by atoms with Gasteiger partial charge < -0.3 is 9.80 Å². The number of para-hydroxylation sites is 2. The molecule has 0 saturated carbocycles. The first-order valence-corrected chi connectivity index (χ1v) is 22.3. The molecule has 0 aromatic heterocycles. The molecule has 0 saturated heterocycles. The van der Waals surface area contributed by atoms with Crippen molar-refractivity contribution in [3.05, 3.63) is 214 Å². The third kappa shape index (κ3) is 7.78. The summed E-state index contributed by atoms with van der Waals surface area (Å²) in [5.74, 6) is 0.906. The second-order valence-corrected chi connectivity index (χ2v) is 17.9. The van der Waals surface area contributed by atoms with E-state index in [0.29, 0.717) is 11.8 Å². The predicted molar refractivity (Wildman–Crippen MR) is 265 cm³/mol. The van der Waals surface area contributed by atoms with Crippen LogP contribution in [-0.4, -0.2) is 0 Å². The molecule has 9 aromatic carbocycles. The molecule has 0 unspecified atom stereocenters. The summed E-state index contributed by atoms with van der Waals surface area (Å²) in [6.07, 6.45) is 0. The Morgan fingerprint density at radius 2 is 0.633 bits per heavy atom. The van der Waals surface area contributed by atoms with Crippen LogP contribution in [0.4, 0.5) is 34.1 Å². The van der Waals surface area contributed by atoms with Gasteiger partial charge in [0, 0.05) is 43.1 Å². The van der Waals surface area contributed by atoms with Crippen molar-refractivity contribution in [2.45, 2.75) is 39.5 Å². The van der Waals surface area contributed by atoms with Gasteiger partial charge in [-0.15, -0.1) is 0 Å². The normalized spacial score (nSPS) is 11.5. The average molecular weight is 907 g/mol. The summed E-state index contributed by atoms with van der Waals surface area (Å²) in [6, 6.07) is 71.1. The first-order chi connectivity index (χ1) is 29.2. The largest absolute Gasteiger partial charge is 0.310 e. The van der Waals surface area contributed by atoms with Gasteiger partial charge >= 0.3 is 0 Å². The Kier molecular flexibility index (Phi) is 11.2. The Labute approximate surface area is 371 Å². The maximum atomic E-state index is 3.73. The van der Waals surface area contributed by atoms with Crippen molar-refractivity contribution in [2.75, 3.05) is 9.80 Å². The minimum atomic E-state index is 0.453. The zero-order valence-corrected chi connectivity index (χ0v) is 37.5. The number of rotatable bonds is 10. The van der Waals surface area contributed by atoms with Crippen molar-refractivity contribution in [1.82, 2.24) is 0 Å². The predicted octanol–water partition coefficient (Wildman–Crippen LogP) is 18.0. The number of hydrogen-bond acceptors (Lipinski definition) is 2. The highest BCUT2D eigenvalue weighted by atomic mass is 79.9. The third-order valence-corrected chi connectivity index (χ3v) is 12.6. The molecule has 9 aromatic rings. The van der Waals surface area contributed by atoms with E-state index >= 15 is 0 Å². The molecule has 294 valence electrons. The van der Waals surface area contributed by atoms with Crippen molar-refractivity contribution in [3.63, 3.8) is 0 Å². The average Bonchev–Trinajstić information content (AvgIpc) is 3.28. The molecule has 0 aliphatic heterocycles. The van der Waals surface area contributed by atoms with Gasteiger partial charge in [-0.05, 0) is 164 Å². The Morgan fingerprint density at radius 1 is 0.317 bits per heavy atom. The number of halogens is 2. The van der Waals surface area contributed by atoms with Gasteiger partial charge in [0.05, 0.1) is 0 Å². The fraction of sp³-hybridized carbons (Fsp3) is 0.107. The van der Waals surface area contributed by atoms with Gasteiger partial charge in [0.2, 0.25) is 0 Å². The monoisotopic (exact) mass is 904 g/mol. The van der Waals surface area contributed by atoms with Crippen LogP contribution in [0.2, 0.25) is 0 Å². The summed E-state index contributed by atoms with van der Waals surface area (Å²) in [4.78, 5) is 4.76. The van der Waals surface area contributed by atoms with Gasteiger partial charge in [0.15, 0.2) is 0 Å². The molecule has 0 aliphatic rings. The molecular formula is C56H46Br2N2. The number of hydrogen-bond donors (Lipinski definition) is 0. The quantitative estimate of drug-likeness (QED) is 0.126. The third-order valence-electron chi connectivity index (χ3n) is 11.5. The van der Waals surface area contributed by atoms with E-state index in [4.69, 9.17) is 0 Å². The molecule has 0 N–H and O–H groups in total. The van der Waals surface area contributed by atoms with Crippen molar-refractivity contribution in [1.29, 1.82) is 0 Å². The first-order valence-electron chi connectivity index (χ1n) is 20.7. The van der Waals surface area contributed by atoms with E-state index in [9.17, 15) is 0 Å². The Morgan fingerprint density at radius 3 is 0.967 bits per heavy atom. The second-order valence-electron chi connectivity index (χ2n) is 16.1. The summed E-state index contributed by atoms with van der Waals surface area (Å²) >= 11 is 7.46. The van der Waals surface area contributed by atoms with Gasteiger partial charge in [-0.25, -0.2) is 0 Å². The van der Waals surface area contributed by atoms with E-state index in [1.165, 1.54) is 43.8 Å². The highest BCUT2D eigenvalue weighted by Crippen LogP contribution is 2.48. The molecule has 4 heteroatoms. The number of fused-ring (bicyclic) bond motifs is 2. The lowest BCUT2D eigenvalue weighted by atomic mass is 9.85. The van der Waals surface area contributed by atoms with Gasteiger partial charge in [-0.1, -0.05) is 157 Å². The van der Waals surface area contributed by atoms with Gasteiger partial charge in [-0.2, -0.15) is 0 Å². The van der Waals surface area contributed by atoms with E-state index in [1.807, 2.05) is 0 Å². The Hall–Kier alpha value is -5.94. The van der Waals surface area contributed by atoms with Gasteiger partial charge in [-0.3, -0.25) is 0 Å². The summed E-state index contributed by atoms with van der Waals surface area (Å²) in [6.45, 7) is 8.99. The lowest BCUT2D eigenvalue weighted by Gasteiger charge is -2.28. The molecule has 0 radical (unpaired) electrons. The van der Waals surface area contributed by atoms with E-state index in [2.05, 4.69) is 263 Å². The van der Waals surface area contributed by atoms with Gasteiger partial charge in [0.25, 0.3) is 0 Å². The van der Waals surface area contributed by atoms with Crippen molar-refractivity contribution < 1.29 is 0 Å². The molecule has 0 aliphatic carbocycles. The van der Waals surface area contributed by atoms with Crippen molar-refractivity contribution in [3.8, 4) is 22.3 Å². The van der Waals surface area contributed by atoms with Crippen LogP contribution in [0.3, 0.4) is 0 Å². The van der Waals surface area contributed by atoms with E-state index < -0.39 is 0 Å². The molecule has 0 atom stereocenters. The lowest BCUT2D eigenvalue weighted by Crippen LogP contribution is -2.10. The van der Waals surface area contributed by atoms with Crippen molar-refractivity contribution in [2.24, 2.45) is 0 Å². The fourth-order valence-electron chi connectivity index (χ4n) is 8.40. The summed E-state index contributed by atoms with van der Waals surface area (Å²) < 4.78 is 2.10. The summed E-state index contributed by atoms with van der Waals surface area (Å²) in [7, 11) is 0. The highest BCUT2D eigenvalue weighted by molar-refractivity contribution is 9.10. The maximum absolute atomic E-state index is 3.73.